The largest absolute Gasteiger partial charge is 0.320 e. The van der Waals surface area contributed by atoms with Crippen LogP contribution in [0.25, 0.3) is 0 Å². The van der Waals surface area contributed by atoms with Crippen LogP contribution in [0.3, 0.4) is 0 Å². The summed E-state index contributed by atoms with van der Waals surface area (Å²) in [7, 11) is 0. The third kappa shape index (κ3) is 2.49. The molecule has 2 rings (SSSR count). The van der Waals surface area contributed by atoms with Gasteiger partial charge in [0.1, 0.15) is 5.82 Å². The summed E-state index contributed by atoms with van der Waals surface area (Å²) in [4.78, 5) is 0. The lowest BCUT2D eigenvalue weighted by Crippen LogP contribution is -2.13. The predicted octanol–water partition coefficient (Wildman–Crippen LogP) is 3.81. The van der Waals surface area contributed by atoms with Crippen molar-refractivity contribution in [1.82, 2.24) is 0 Å². The molecule has 0 aliphatic rings. The Balaban J connectivity index is 2.46. The van der Waals surface area contributed by atoms with Crippen molar-refractivity contribution >= 4 is 11.6 Å². The lowest BCUT2D eigenvalue weighted by atomic mass is 9.99. The summed E-state index contributed by atoms with van der Waals surface area (Å²) < 4.78 is 39.1. The molecule has 0 aromatic heterocycles. The van der Waals surface area contributed by atoms with Gasteiger partial charge >= 0.3 is 0 Å². The second kappa shape index (κ2) is 5.00. The molecule has 94 valence electrons. The molecule has 0 saturated carbocycles. The van der Waals surface area contributed by atoms with Crippen molar-refractivity contribution in [2.45, 2.75) is 6.04 Å². The molecule has 0 heterocycles. The molecule has 1 nitrogen and oxygen atoms in total. The number of hydrogen-bond donors (Lipinski definition) is 1. The first-order chi connectivity index (χ1) is 8.49. The van der Waals surface area contributed by atoms with Gasteiger partial charge in [0.25, 0.3) is 0 Å². The van der Waals surface area contributed by atoms with Gasteiger partial charge in [0.05, 0.1) is 6.04 Å². The zero-order valence-electron chi connectivity index (χ0n) is 9.13. The standard InChI is InChI=1S/C13H9ClF3N/c14-10-6-12(17)11(16)5-9(10)13(18)7-2-1-3-8(15)4-7/h1-6,13H,18H2. The number of rotatable bonds is 2. The molecular weight excluding hydrogens is 263 g/mol. The molecule has 2 N–H and O–H groups in total. The minimum atomic E-state index is -1.05. The molecular formula is C13H9ClF3N. The molecule has 0 radical (unpaired) electrons. The van der Waals surface area contributed by atoms with E-state index in [2.05, 4.69) is 0 Å². The summed E-state index contributed by atoms with van der Waals surface area (Å²) in [5.74, 6) is -2.54. The summed E-state index contributed by atoms with van der Waals surface area (Å²) in [5, 5.41) is 0.00524. The van der Waals surface area contributed by atoms with E-state index in [9.17, 15) is 13.2 Å². The summed E-state index contributed by atoms with van der Waals surface area (Å²) in [5.41, 5.74) is 6.51. The summed E-state index contributed by atoms with van der Waals surface area (Å²) in [6.45, 7) is 0. The van der Waals surface area contributed by atoms with Crippen LogP contribution in [0.15, 0.2) is 36.4 Å². The summed E-state index contributed by atoms with van der Waals surface area (Å²) in [6.07, 6.45) is 0. The van der Waals surface area contributed by atoms with Gasteiger partial charge in [-0.25, -0.2) is 13.2 Å². The molecule has 1 unspecified atom stereocenters. The Hall–Kier alpha value is -1.52. The Bertz CT molecular complexity index is 586. The second-order valence-corrected chi connectivity index (χ2v) is 4.23. The van der Waals surface area contributed by atoms with Crippen LogP contribution in [0.2, 0.25) is 5.02 Å². The van der Waals surface area contributed by atoms with Crippen LogP contribution >= 0.6 is 11.6 Å². The highest BCUT2D eigenvalue weighted by Crippen LogP contribution is 2.28. The smallest absolute Gasteiger partial charge is 0.160 e. The maximum atomic E-state index is 13.2. The van der Waals surface area contributed by atoms with Crippen LogP contribution in [0, 0.1) is 17.5 Å². The van der Waals surface area contributed by atoms with E-state index in [1.807, 2.05) is 0 Å². The topological polar surface area (TPSA) is 26.0 Å². The van der Waals surface area contributed by atoms with E-state index < -0.39 is 23.5 Å². The van der Waals surface area contributed by atoms with E-state index in [-0.39, 0.29) is 10.6 Å². The third-order valence-electron chi connectivity index (χ3n) is 2.58. The lowest BCUT2D eigenvalue weighted by molar-refractivity contribution is 0.506. The highest BCUT2D eigenvalue weighted by Gasteiger charge is 2.16. The fraction of sp³-hybridized carbons (Fsp3) is 0.0769. The molecule has 2 aromatic carbocycles. The highest BCUT2D eigenvalue weighted by molar-refractivity contribution is 6.31. The Morgan fingerprint density at radius 3 is 2.33 bits per heavy atom. The first kappa shape index (κ1) is 12.9. The molecule has 18 heavy (non-hydrogen) atoms. The SMILES string of the molecule is NC(c1cccc(F)c1)c1cc(F)c(F)cc1Cl. The number of hydrogen-bond acceptors (Lipinski definition) is 1. The number of benzene rings is 2. The lowest BCUT2D eigenvalue weighted by Gasteiger charge is -2.14. The maximum absolute atomic E-state index is 13.2. The van der Waals surface area contributed by atoms with Crippen LogP contribution in [0.4, 0.5) is 13.2 Å². The van der Waals surface area contributed by atoms with E-state index in [4.69, 9.17) is 17.3 Å². The van der Waals surface area contributed by atoms with Crippen molar-refractivity contribution in [1.29, 1.82) is 0 Å². The fourth-order valence-corrected chi connectivity index (χ4v) is 1.92. The van der Waals surface area contributed by atoms with E-state index in [0.29, 0.717) is 5.56 Å². The van der Waals surface area contributed by atoms with Crippen LogP contribution in [0.5, 0.6) is 0 Å². The van der Waals surface area contributed by atoms with E-state index in [0.717, 1.165) is 12.1 Å². The minimum absolute atomic E-state index is 0.00524. The van der Waals surface area contributed by atoms with Crippen molar-refractivity contribution in [3.63, 3.8) is 0 Å². The minimum Gasteiger partial charge on any atom is -0.320 e. The molecule has 0 spiro atoms. The Morgan fingerprint density at radius 2 is 1.67 bits per heavy atom. The van der Waals surface area contributed by atoms with Crippen LogP contribution in [-0.2, 0) is 0 Å². The number of nitrogens with two attached hydrogens (primary N) is 1. The number of halogens is 4. The Labute approximate surface area is 107 Å². The fourth-order valence-electron chi connectivity index (χ4n) is 1.66. The van der Waals surface area contributed by atoms with Gasteiger partial charge in [-0.3, -0.25) is 0 Å². The van der Waals surface area contributed by atoms with Crippen molar-refractivity contribution in [2.75, 3.05) is 0 Å². The zero-order chi connectivity index (χ0) is 13.3. The predicted molar refractivity (Wildman–Crippen MR) is 63.8 cm³/mol. The molecule has 0 aliphatic heterocycles. The molecule has 5 heteroatoms. The van der Waals surface area contributed by atoms with Gasteiger partial charge in [-0.1, -0.05) is 23.7 Å². The van der Waals surface area contributed by atoms with E-state index in [1.54, 1.807) is 6.07 Å². The second-order valence-electron chi connectivity index (χ2n) is 3.82. The molecule has 0 fully saturated rings. The Morgan fingerprint density at radius 1 is 1.00 bits per heavy atom. The Kier molecular flexibility index (Phi) is 3.59. The normalized spacial score (nSPS) is 12.5. The van der Waals surface area contributed by atoms with Crippen LogP contribution in [0.1, 0.15) is 17.2 Å². The first-order valence-electron chi connectivity index (χ1n) is 5.14. The van der Waals surface area contributed by atoms with Crippen LogP contribution in [-0.4, -0.2) is 0 Å². The first-order valence-corrected chi connectivity index (χ1v) is 5.52. The molecule has 0 aliphatic carbocycles. The third-order valence-corrected chi connectivity index (χ3v) is 2.91. The van der Waals surface area contributed by atoms with Gasteiger partial charge in [-0.05, 0) is 35.4 Å². The van der Waals surface area contributed by atoms with Crippen molar-refractivity contribution < 1.29 is 13.2 Å². The zero-order valence-corrected chi connectivity index (χ0v) is 9.89. The quantitative estimate of drug-likeness (QED) is 0.826. The molecule has 1 atom stereocenters. The van der Waals surface area contributed by atoms with E-state index in [1.165, 1.54) is 18.2 Å². The van der Waals surface area contributed by atoms with Crippen molar-refractivity contribution in [2.24, 2.45) is 5.73 Å². The van der Waals surface area contributed by atoms with Crippen LogP contribution < -0.4 is 5.73 Å². The molecule has 2 aromatic rings. The van der Waals surface area contributed by atoms with Gasteiger partial charge in [-0.2, -0.15) is 0 Å². The highest BCUT2D eigenvalue weighted by atomic mass is 35.5. The average Bonchev–Trinajstić information content (AvgIpc) is 2.33. The maximum Gasteiger partial charge on any atom is 0.160 e. The van der Waals surface area contributed by atoms with Gasteiger partial charge in [0, 0.05) is 5.02 Å². The molecule has 0 bridgehead atoms. The summed E-state index contributed by atoms with van der Waals surface area (Å²) in [6, 6.07) is 6.52. The van der Waals surface area contributed by atoms with Gasteiger partial charge in [0.2, 0.25) is 0 Å². The average molecular weight is 272 g/mol. The monoisotopic (exact) mass is 271 g/mol. The molecule has 0 amide bonds. The van der Waals surface area contributed by atoms with Crippen molar-refractivity contribution in [3.8, 4) is 0 Å². The van der Waals surface area contributed by atoms with Gasteiger partial charge < -0.3 is 5.73 Å². The molecule has 0 saturated heterocycles. The van der Waals surface area contributed by atoms with E-state index >= 15 is 0 Å². The van der Waals surface area contributed by atoms with Gasteiger partial charge in [0.15, 0.2) is 11.6 Å². The van der Waals surface area contributed by atoms with Crippen molar-refractivity contribution in [3.05, 3.63) is 70.0 Å². The van der Waals surface area contributed by atoms with Gasteiger partial charge in [-0.15, -0.1) is 0 Å². The summed E-state index contributed by atoms with van der Waals surface area (Å²) >= 11 is 5.81.